The number of benzene rings is 2. The quantitative estimate of drug-likeness (QED) is 0.579. The number of nitrogens with zero attached hydrogens (tertiary/aromatic N) is 2. The Morgan fingerprint density at radius 3 is 2.44 bits per heavy atom. The first-order chi connectivity index (χ1) is 15.3. The number of hydrogen-bond donors (Lipinski definition) is 2. The molecule has 166 valence electrons. The molecule has 2 aliphatic rings. The van der Waals surface area contributed by atoms with Crippen LogP contribution in [0.15, 0.2) is 34.1 Å². The molecule has 3 aromatic rings. The molecule has 1 aromatic heterocycles. The summed E-state index contributed by atoms with van der Waals surface area (Å²) in [7, 11) is 0. The van der Waals surface area contributed by atoms with Gasteiger partial charge in [-0.25, -0.2) is 22.4 Å². The van der Waals surface area contributed by atoms with Crippen LogP contribution in [0.4, 0.5) is 23.2 Å². The van der Waals surface area contributed by atoms with Gasteiger partial charge in [0.1, 0.15) is 22.4 Å². The van der Waals surface area contributed by atoms with Crippen LogP contribution in [0, 0.1) is 23.3 Å². The van der Waals surface area contributed by atoms with Gasteiger partial charge >= 0.3 is 5.97 Å². The van der Waals surface area contributed by atoms with Gasteiger partial charge in [0.2, 0.25) is 5.43 Å². The van der Waals surface area contributed by atoms with Crippen molar-refractivity contribution >= 4 is 34.3 Å². The number of rotatable bonds is 3. The van der Waals surface area contributed by atoms with Crippen LogP contribution < -0.4 is 15.6 Å². The fraction of sp³-hybridized carbons (Fsp3) is 0.238. The van der Waals surface area contributed by atoms with Crippen LogP contribution in [0.2, 0.25) is 0 Å². The molecule has 6 nitrogen and oxygen atoms in total. The van der Waals surface area contributed by atoms with E-state index in [4.69, 9.17) is 0 Å². The topological polar surface area (TPSA) is 74.6 Å². The van der Waals surface area contributed by atoms with E-state index in [2.05, 4.69) is 5.32 Å². The number of aromatic carboxylic acids is 1. The monoisotopic (exact) mass is 465 g/mol. The lowest BCUT2D eigenvalue weighted by Gasteiger charge is -2.36. The van der Waals surface area contributed by atoms with E-state index in [-0.39, 0.29) is 21.8 Å². The molecule has 1 fully saturated rings. The zero-order chi connectivity index (χ0) is 22.7. The Morgan fingerprint density at radius 1 is 1.06 bits per heavy atom. The number of thioether (sulfide) groups is 1. The average molecular weight is 465 g/mol. The Balaban J connectivity index is 1.81. The smallest absolute Gasteiger partial charge is 0.342 e. The first-order valence-corrected chi connectivity index (χ1v) is 10.6. The molecule has 0 saturated carbocycles. The Morgan fingerprint density at radius 2 is 1.78 bits per heavy atom. The summed E-state index contributed by atoms with van der Waals surface area (Å²) in [5.74, 6) is -5.69. The Kier molecular flexibility index (Phi) is 4.90. The largest absolute Gasteiger partial charge is 0.477 e. The molecular formula is C21H15F4N3O3S. The SMILES string of the molecule is O=C(O)c1c2n(c3c(F)c(N4CCNCC4)c(F)cc3c1=O)C(c1ccc(F)c(F)c1)S2. The van der Waals surface area contributed by atoms with Gasteiger partial charge in [0.25, 0.3) is 0 Å². The highest BCUT2D eigenvalue weighted by Gasteiger charge is 2.38. The second-order valence-corrected chi connectivity index (χ2v) is 8.55. The number of carboxylic acids is 1. The second kappa shape index (κ2) is 7.52. The van der Waals surface area contributed by atoms with Gasteiger partial charge in [0, 0.05) is 26.2 Å². The molecule has 32 heavy (non-hydrogen) atoms. The summed E-state index contributed by atoms with van der Waals surface area (Å²) in [4.78, 5) is 26.1. The molecule has 1 atom stereocenters. The van der Waals surface area contributed by atoms with E-state index in [1.807, 2.05) is 0 Å². The molecular weight excluding hydrogens is 450 g/mol. The van der Waals surface area contributed by atoms with Gasteiger partial charge in [0.05, 0.1) is 15.9 Å². The number of carboxylic acid groups (broad SMARTS) is 1. The second-order valence-electron chi connectivity index (χ2n) is 7.48. The first-order valence-electron chi connectivity index (χ1n) is 9.70. The summed E-state index contributed by atoms with van der Waals surface area (Å²) in [6.45, 7) is 1.70. The maximum absolute atomic E-state index is 15.8. The molecule has 0 aliphatic carbocycles. The molecule has 1 unspecified atom stereocenters. The summed E-state index contributed by atoms with van der Waals surface area (Å²) >= 11 is 0.914. The molecule has 0 radical (unpaired) electrons. The molecule has 0 spiro atoms. The molecule has 2 N–H and O–H groups in total. The summed E-state index contributed by atoms with van der Waals surface area (Å²) < 4.78 is 59.2. The maximum atomic E-state index is 15.8. The van der Waals surface area contributed by atoms with Gasteiger partial charge in [-0.2, -0.15) is 0 Å². The third-order valence-electron chi connectivity index (χ3n) is 5.65. The normalized spacial score (nSPS) is 17.9. The summed E-state index contributed by atoms with van der Waals surface area (Å²) in [5.41, 5.74) is -1.94. The third kappa shape index (κ3) is 2.99. The van der Waals surface area contributed by atoms with Crippen LogP contribution in [-0.2, 0) is 0 Å². The van der Waals surface area contributed by atoms with Crippen LogP contribution in [-0.4, -0.2) is 41.8 Å². The fourth-order valence-electron chi connectivity index (χ4n) is 4.16. The zero-order valence-electron chi connectivity index (χ0n) is 16.3. The number of fused-ring (bicyclic) bond motifs is 3. The number of pyridine rings is 1. The lowest BCUT2D eigenvalue weighted by molar-refractivity contribution is 0.0689. The molecule has 0 bridgehead atoms. The van der Waals surface area contributed by atoms with Crippen molar-refractivity contribution in [1.29, 1.82) is 0 Å². The highest BCUT2D eigenvalue weighted by molar-refractivity contribution is 8.00. The third-order valence-corrected chi connectivity index (χ3v) is 6.98. The lowest BCUT2D eigenvalue weighted by Crippen LogP contribution is -2.44. The van der Waals surface area contributed by atoms with Crippen molar-refractivity contribution in [2.24, 2.45) is 0 Å². The van der Waals surface area contributed by atoms with Gasteiger partial charge < -0.3 is 19.9 Å². The predicted molar refractivity (Wildman–Crippen MR) is 111 cm³/mol. The molecule has 11 heteroatoms. The van der Waals surface area contributed by atoms with Gasteiger partial charge in [-0.05, 0) is 23.8 Å². The maximum Gasteiger partial charge on any atom is 0.342 e. The minimum atomic E-state index is -1.54. The first kappa shape index (κ1) is 20.8. The highest BCUT2D eigenvalue weighted by atomic mass is 32.2. The van der Waals surface area contributed by atoms with Crippen molar-refractivity contribution in [3.05, 3.63) is 68.9 Å². The van der Waals surface area contributed by atoms with E-state index in [0.29, 0.717) is 26.2 Å². The van der Waals surface area contributed by atoms with E-state index in [1.54, 1.807) is 0 Å². The van der Waals surface area contributed by atoms with Crippen molar-refractivity contribution in [3.8, 4) is 0 Å². The van der Waals surface area contributed by atoms with E-state index in [1.165, 1.54) is 15.5 Å². The van der Waals surface area contributed by atoms with E-state index >= 15 is 4.39 Å². The average Bonchev–Trinajstić information content (AvgIpc) is 2.74. The number of nitrogens with one attached hydrogen (secondary N) is 1. The Labute approximate surface area is 182 Å². The van der Waals surface area contributed by atoms with Crippen LogP contribution in [0.1, 0.15) is 21.3 Å². The number of aromatic nitrogens is 1. The van der Waals surface area contributed by atoms with Gasteiger partial charge in [-0.3, -0.25) is 4.79 Å². The molecule has 5 rings (SSSR count). The molecule has 1 saturated heterocycles. The van der Waals surface area contributed by atoms with Crippen molar-refractivity contribution in [2.45, 2.75) is 10.4 Å². The molecule has 3 heterocycles. The van der Waals surface area contributed by atoms with Crippen molar-refractivity contribution in [3.63, 3.8) is 0 Å². The van der Waals surface area contributed by atoms with Crippen molar-refractivity contribution < 1.29 is 27.5 Å². The van der Waals surface area contributed by atoms with Crippen LogP contribution >= 0.6 is 11.8 Å². The van der Waals surface area contributed by atoms with Crippen molar-refractivity contribution in [1.82, 2.24) is 9.88 Å². The number of carbonyl (C=O) groups is 1. The number of halogens is 4. The fourth-order valence-corrected chi connectivity index (χ4v) is 5.42. The predicted octanol–water partition coefficient (Wildman–Crippen LogP) is 3.32. The van der Waals surface area contributed by atoms with Gasteiger partial charge in [-0.15, -0.1) is 0 Å². The Bertz CT molecular complexity index is 1350. The Hall–Kier alpha value is -3.05. The molecule has 2 aromatic carbocycles. The van der Waals surface area contributed by atoms with Crippen molar-refractivity contribution in [2.75, 3.05) is 31.1 Å². The summed E-state index contributed by atoms with van der Waals surface area (Å²) in [6.07, 6.45) is 0. The molecule has 0 amide bonds. The lowest BCUT2D eigenvalue weighted by atomic mass is 10.1. The number of hydrogen-bond acceptors (Lipinski definition) is 5. The number of anilines is 1. The minimum absolute atomic E-state index is 0.0264. The highest BCUT2D eigenvalue weighted by Crippen LogP contribution is 2.51. The van der Waals surface area contributed by atoms with Crippen LogP contribution in [0.25, 0.3) is 10.9 Å². The van der Waals surface area contributed by atoms with Crippen LogP contribution in [0.3, 0.4) is 0 Å². The summed E-state index contributed by atoms with van der Waals surface area (Å²) in [6, 6.07) is 3.98. The minimum Gasteiger partial charge on any atom is -0.477 e. The molecule has 2 aliphatic heterocycles. The van der Waals surface area contributed by atoms with E-state index in [0.717, 1.165) is 30.0 Å². The van der Waals surface area contributed by atoms with Gasteiger partial charge in [-0.1, -0.05) is 17.8 Å². The summed E-state index contributed by atoms with van der Waals surface area (Å²) in [5, 5.41) is 11.4. The number of piperazine rings is 1. The van der Waals surface area contributed by atoms with Crippen LogP contribution in [0.5, 0.6) is 0 Å². The van der Waals surface area contributed by atoms with E-state index < -0.39 is 51.0 Å². The van der Waals surface area contributed by atoms with Gasteiger partial charge in [0.15, 0.2) is 17.5 Å². The zero-order valence-corrected chi connectivity index (χ0v) is 17.1. The van der Waals surface area contributed by atoms with E-state index in [9.17, 15) is 27.9 Å². The standard InChI is InChI=1S/C21H15F4N3O3S/c22-11-2-1-9(7-12(11)23)19-28-16-10(18(29)14(21(30)31)20(28)32-19)8-13(24)17(15(16)25)27-5-3-26-4-6-27/h1-2,7-8,19,26H,3-6H2,(H,30,31).